The van der Waals surface area contributed by atoms with Crippen molar-refractivity contribution in [3.8, 4) is 0 Å². The highest BCUT2D eigenvalue weighted by Gasteiger charge is 2.17. The second-order valence-corrected chi connectivity index (χ2v) is 6.09. The first-order chi connectivity index (χ1) is 13.3. The molecule has 0 bridgehead atoms. The molecule has 0 aliphatic carbocycles. The van der Waals surface area contributed by atoms with E-state index in [4.69, 9.17) is 17.2 Å². The number of primary amides is 2. The van der Waals surface area contributed by atoms with Crippen LogP contribution in [0.25, 0.3) is 0 Å². The van der Waals surface area contributed by atoms with Crippen LogP contribution in [0.5, 0.6) is 0 Å². The van der Waals surface area contributed by atoms with E-state index in [0.717, 1.165) is 5.69 Å². The maximum atomic E-state index is 11.2. The maximum absolute atomic E-state index is 11.2. The molecule has 150 valence electrons. The number of hydrogen-bond acceptors (Lipinski definition) is 6. The quantitative estimate of drug-likeness (QED) is 0.329. The Morgan fingerprint density at radius 3 is 1.76 bits per heavy atom. The minimum Gasteiger partial charge on any atom is -1.00 e. The third-order valence-corrected chi connectivity index (χ3v) is 3.98. The fourth-order valence-corrected chi connectivity index (χ4v) is 2.53. The van der Waals surface area contributed by atoms with Crippen LogP contribution in [0.4, 0.5) is 28.7 Å². The number of carbonyl (C=O) groups excluding carboxylic acids is 2. The summed E-state index contributed by atoms with van der Waals surface area (Å²) in [5.74, 6) is 0.617. The highest BCUT2D eigenvalue weighted by Crippen LogP contribution is 2.27. The number of nitrogen functional groups attached to an aromatic ring is 1. The van der Waals surface area contributed by atoms with Gasteiger partial charge in [-0.3, -0.25) is 14.9 Å². The van der Waals surface area contributed by atoms with Gasteiger partial charge in [-0.05, 0) is 48.5 Å². The molecule has 10 heteroatoms. The third kappa shape index (κ3) is 5.11. The van der Waals surface area contributed by atoms with Gasteiger partial charge in [-0.1, -0.05) is 4.98 Å². The summed E-state index contributed by atoms with van der Waals surface area (Å²) in [5, 5.41) is 6.28. The summed E-state index contributed by atoms with van der Waals surface area (Å²) in [6.45, 7) is 1.79. The average Bonchev–Trinajstić information content (AvgIpc) is 2.66. The van der Waals surface area contributed by atoms with Crippen LogP contribution in [-0.2, 0) is 0 Å². The first-order valence-electron chi connectivity index (χ1n) is 8.36. The zero-order valence-electron chi connectivity index (χ0n) is 15.5. The van der Waals surface area contributed by atoms with E-state index in [2.05, 4.69) is 20.6 Å². The highest BCUT2D eigenvalue weighted by molar-refractivity contribution is 5.94. The van der Waals surface area contributed by atoms with Crippen molar-refractivity contribution in [2.45, 2.75) is 6.92 Å². The summed E-state index contributed by atoms with van der Waals surface area (Å²) in [5.41, 5.74) is 19.3. The van der Waals surface area contributed by atoms with Crippen LogP contribution in [0.3, 0.4) is 0 Å². The second kappa shape index (κ2) is 8.89. The van der Waals surface area contributed by atoms with E-state index in [1.807, 2.05) is 0 Å². The van der Waals surface area contributed by atoms with E-state index >= 15 is 0 Å². The van der Waals surface area contributed by atoms with Crippen molar-refractivity contribution < 1.29 is 27.0 Å². The molecular formula is C19H20ClN7O2. The maximum Gasteiger partial charge on any atom is 0.252 e. The molecule has 0 atom stereocenters. The molecule has 0 aliphatic heterocycles. The van der Waals surface area contributed by atoms with Crippen LogP contribution in [0.2, 0.25) is 0 Å². The van der Waals surface area contributed by atoms with Gasteiger partial charge in [-0.15, -0.1) is 0 Å². The summed E-state index contributed by atoms with van der Waals surface area (Å²) >= 11 is 0. The predicted octanol–water partition coefficient (Wildman–Crippen LogP) is -1.52. The molecule has 9 N–H and O–H groups in total. The van der Waals surface area contributed by atoms with Crippen LogP contribution < -0.4 is 45.2 Å². The summed E-state index contributed by atoms with van der Waals surface area (Å²) in [6, 6.07) is 13.3. The van der Waals surface area contributed by atoms with Crippen LogP contribution in [-0.4, -0.2) is 16.8 Å². The van der Waals surface area contributed by atoms with Crippen molar-refractivity contribution >= 4 is 40.5 Å². The zero-order chi connectivity index (χ0) is 20.3. The first-order valence-corrected chi connectivity index (χ1v) is 8.36. The smallest absolute Gasteiger partial charge is 0.252 e. The van der Waals surface area contributed by atoms with E-state index in [-0.39, 0.29) is 12.4 Å². The van der Waals surface area contributed by atoms with E-state index in [1.165, 1.54) is 0 Å². The number of nitrogens with two attached hydrogens (primary N) is 3. The lowest BCUT2D eigenvalue weighted by Crippen LogP contribution is -3.00. The Kier molecular flexibility index (Phi) is 6.58. The summed E-state index contributed by atoms with van der Waals surface area (Å²) in [4.78, 5) is 29.8. The Morgan fingerprint density at radius 2 is 1.31 bits per heavy atom. The van der Waals surface area contributed by atoms with Crippen molar-refractivity contribution in [2.75, 3.05) is 16.4 Å². The van der Waals surface area contributed by atoms with Gasteiger partial charge in [0.15, 0.2) is 5.69 Å². The number of amides is 2. The topological polar surface area (TPSA) is 163 Å². The van der Waals surface area contributed by atoms with Gasteiger partial charge in [0.25, 0.3) is 5.82 Å². The molecule has 0 unspecified atom stereocenters. The van der Waals surface area contributed by atoms with Crippen molar-refractivity contribution in [1.82, 2.24) is 4.98 Å². The normalized spacial score (nSPS) is 9.97. The lowest BCUT2D eigenvalue weighted by atomic mass is 10.2. The molecular weight excluding hydrogens is 394 g/mol. The Balaban J connectivity index is 0.00000300. The fraction of sp³-hybridized carbons (Fsp3) is 0.0526. The van der Waals surface area contributed by atoms with Gasteiger partial charge in [0.2, 0.25) is 23.5 Å². The SMILES string of the molecule is Cc1nc(Nc2ccc(C(N)=O)cc2)c(N)c(Nc2ccc(C(N)=O)cc2)[nH+]1.[Cl-]. The molecule has 0 saturated carbocycles. The average molecular weight is 414 g/mol. The van der Waals surface area contributed by atoms with Gasteiger partial charge in [0, 0.05) is 23.7 Å². The van der Waals surface area contributed by atoms with Crippen molar-refractivity contribution in [3.63, 3.8) is 0 Å². The number of H-pyrrole nitrogens is 1. The number of rotatable bonds is 6. The number of aromatic nitrogens is 2. The Bertz CT molecular complexity index is 957. The molecule has 1 heterocycles. The van der Waals surface area contributed by atoms with E-state index in [9.17, 15) is 9.59 Å². The Hall–Kier alpha value is -3.85. The number of anilines is 5. The molecule has 3 aromatic rings. The van der Waals surface area contributed by atoms with E-state index in [1.54, 1.807) is 55.5 Å². The first kappa shape index (κ1) is 21.5. The Labute approximate surface area is 173 Å². The van der Waals surface area contributed by atoms with E-state index < -0.39 is 11.8 Å². The number of nitrogens with one attached hydrogen (secondary N) is 3. The lowest BCUT2D eigenvalue weighted by Gasteiger charge is -2.10. The number of carbonyl (C=O) groups is 2. The van der Waals surface area contributed by atoms with Crippen molar-refractivity contribution in [2.24, 2.45) is 11.5 Å². The molecule has 0 aliphatic rings. The minimum absolute atomic E-state index is 0. The fourth-order valence-electron chi connectivity index (χ4n) is 2.53. The molecule has 9 nitrogen and oxygen atoms in total. The largest absolute Gasteiger partial charge is 1.00 e. The molecule has 0 saturated heterocycles. The monoisotopic (exact) mass is 413 g/mol. The Morgan fingerprint density at radius 1 is 0.862 bits per heavy atom. The molecule has 2 aromatic carbocycles. The molecule has 1 aromatic heterocycles. The van der Waals surface area contributed by atoms with Gasteiger partial charge in [0.1, 0.15) is 0 Å². The van der Waals surface area contributed by atoms with Crippen molar-refractivity contribution in [3.05, 3.63) is 65.5 Å². The van der Waals surface area contributed by atoms with Gasteiger partial charge in [-0.2, -0.15) is 0 Å². The van der Waals surface area contributed by atoms with Gasteiger partial charge < -0.3 is 34.9 Å². The minimum atomic E-state index is -0.497. The van der Waals surface area contributed by atoms with Crippen LogP contribution in [0.15, 0.2) is 48.5 Å². The number of aromatic amines is 1. The number of hydrogen-bond donors (Lipinski definition) is 5. The lowest BCUT2D eigenvalue weighted by molar-refractivity contribution is -0.374. The number of nitrogens with zero attached hydrogens (tertiary/aromatic N) is 1. The number of benzene rings is 2. The van der Waals surface area contributed by atoms with Crippen LogP contribution in [0.1, 0.15) is 26.5 Å². The molecule has 0 radical (unpaired) electrons. The molecule has 29 heavy (non-hydrogen) atoms. The molecule has 2 amide bonds. The van der Waals surface area contributed by atoms with E-state index in [0.29, 0.717) is 40.0 Å². The summed E-state index contributed by atoms with van der Waals surface area (Å²) < 4.78 is 0. The predicted molar refractivity (Wildman–Crippen MR) is 106 cm³/mol. The standard InChI is InChI=1S/C19H19N7O2.ClH/c1-10-23-18(25-13-6-2-11(3-7-13)16(21)27)15(20)19(24-10)26-14-8-4-12(5-9-14)17(22)28;/h2-9H,20H2,1H3,(H2,21,27)(H2,22,28)(H2,23,24,25,26);1H. The summed E-state index contributed by atoms with van der Waals surface area (Å²) in [6.07, 6.45) is 0. The second-order valence-electron chi connectivity index (χ2n) is 6.09. The van der Waals surface area contributed by atoms with Gasteiger partial charge in [0.05, 0.1) is 5.69 Å². The third-order valence-electron chi connectivity index (χ3n) is 3.98. The molecule has 0 fully saturated rings. The molecule has 3 rings (SSSR count). The number of aryl methyl sites for hydroxylation is 1. The number of halogens is 1. The molecule has 0 spiro atoms. The van der Waals surface area contributed by atoms with Crippen LogP contribution >= 0.6 is 0 Å². The van der Waals surface area contributed by atoms with Gasteiger partial charge >= 0.3 is 0 Å². The van der Waals surface area contributed by atoms with Crippen LogP contribution in [0, 0.1) is 6.92 Å². The highest BCUT2D eigenvalue weighted by atomic mass is 35.5. The van der Waals surface area contributed by atoms with Crippen molar-refractivity contribution in [1.29, 1.82) is 0 Å². The zero-order valence-corrected chi connectivity index (χ0v) is 16.2. The summed E-state index contributed by atoms with van der Waals surface area (Å²) in [7, 11) is 0. The van der Waals surface area contributed by atoms with Gasteiger partial charge in [-0.25, -0.2) is 4.98 Å².